The molecule has 1 amide bonds. The van der Waals surface area contributed by atoms with Crippen molar-refractivity contribution in [3.05, 3.63) is 93.8 Å². The monoisotopic (exact) mass is 511 g/mol. The predicted octanol–water partition coefficient (Wildman–Crippen LogP) is 5.19. The zero-order valence-electron chi connectivity index (χ0n) is 20.1. The van der Waals surface area contributed by atoms with Crippen LogP contribution in [0, 0.1) is 5.82 Å². The number of carboxylic acid groups (broad SMARTS) is 1. The van der Waals surface area contributed by atoms with Gasteiger partial charge in [0.15, 0.2) is 11.5 Å². The van der Waals surface area contributed by atoms with Crippen molar-refractivity contribution < 1.29 is 28.6 Å². The third kappa shape index (κ3) is 5.79. The molecule has 188 valence electrons. The molecule has 6 nitrogen and oxygen atoms in total. The number of hydrogen-bond donors (Lipinski definition) is 1. The molecule has 1 atom stereocenters. The molecule has 4 rings (SSSR count). The summed E-state index contributed by atoms with van der Waals surface area (Å²) in [6.07, 6.45) is 1.41. The Labute approximate surface area is 214 Å². The van der Waals surface area contributed by atoms with Crippen LogP contribution in [0.2, 0.25) is 5.02 Å². The van der Waals surface area contributed by atoms with E-state index < -0.39 is 29.8 Å². The summed E-state index contributed by atoms with van der Waals surface area (Å²) in [5, 5.41) is 9.46. The molecule has 1 heterocycles. The van der Waals surface area contributed by atoms with Gasteiger partial charge >= 0.3 is 5.97 Å². The molecule has 0 aromatic heterocycles. The molecule has 0 unspecified atom stereocenters. The van der Waals surface area contributed by atoms with Gasteiger partial charge in [0.1, 0.15) is 18.0 Å². The number of halogens is 2. The standard InChI is InChI=1S/C28H27ClFNO5/c1-28(15-19-8-9-22(29)23(30)12-19)16-21-13-20(14-24(35-2)26(21)36-28)27(34)31(17-25(32)33)11-10-18-6-4-3-5-7-18/h3-9,12-14H,10-11,15-17H2,1-2H3,(H,32,33)/t28-/m1/s1. The van der Waals surface area contributed by atoms with Crippen molar-refractivity contribution in [3.8, 4) is 11.5 Å². The van der Waals surface area contributed by atoms with Crippen molar-refractivity contribution in [1.29, 1.82) is 0 Å². The molecule has 1 aliphatic rings. The van der Waals surface area contributed by atoms with Crippen LogP contribution in [-0.4, -0.2) is 47.7 Å². The minimum Gasteiger partial charge on any atom is -0.493 e. The number of carbonyl (C=O) groups is 2. The van der Waals surface area contributed by atoms with Gasteiger partial charge in [0.2, 0.25) is 0 Å². The van der Waals surface area contributed by atoms with Crippen LogP contribution in [-0.2, 0) is 24.1 Å². The molecule has 0 aliphatic carbocycles. The fraction of sp³-hybridized carbons (Fsp3) is 0.286. The Morgan fingerprint density at radius 2 is 1.89 bits per heavy atom. The molecule has 3 aromatic carbocycles. The molecule has 1 aliphatic heterocycles. The number of rotatable bonds is 9. The van der Waals surface area contributed by atoms with Crippen LogP contribution in [0.4, 0.5) is 4.39 Å². The van der Waals surface area contributed by atoms with Gasteiger partial charge in [0, 0.05) is 30.5 Å². The van der Waals surface area contributed by atoms with Gasteiger partial charge in [-0.1, -0.05) is 48.0 Å². The van der Waals surface area contributed by atoms with Gasteiger partial charge in [-0.05, 0) is 48.7 Å². The number of carbonyl (C=O) groups excluding carboxylic acids is 1. The van der Waals surface area contributed by atoms with E-state index in [1.54, 1.807) is 18.2 Å². The maximum Gasteiger partial charge on any atom is 0.323 e. The highest BCUT2D eigenvalue weighted by Gasteiger charge is 2.38. The summed E-state index contributed by atoms with van der Waals surface area (Å²) in [6, 6.07) is 17.5. The van der Waals surface area contributed by atoms with Crippen LogP contribution in [0.3, 0.4) is 0 Å². The minimum absolute atomic E-state index is 0.0579. The van der Waals surface area contributed by atoms with Crippen molar-refractivity contribution in [2.24, 2.45) is 0 Å². The van der Waals surface area contributed by atoms with Crippen LogP contribution >= 0.6 is 11.6 Å². The lowest BCUT2D eigenvalue weighted by Gasteiger charge is -2.24. The van der Waals surface area contributed by atoms with Crippen LogP contribution in [0.1, 0.15) is 34.0 Å². The first-order chi connectivity index (χ1) is 17.2. The van der Waals surface area contributed by atoms with E-state index in [4.69, 9.17) is 21.1 Å². The first-order valence-corrected chi connectivity index (χ1v) is 11.9. The van der Waals surface area contributed by atoms with Crippen molar-refractivity contribution >= 4 is 23.5 Å². The predicted molar refractivity (Wildman–Crippen MR) is 135 cm³/mol. The smallest absolute Gasteiger partial charge is 0.323 e. The van der Waals surface area contributed by atoms with E-state index in [0.29, 0.717) is 36.3 Å². The Bertz CT molecular complexity index is 1280. The van der Waals surface area contributed by atoms with Gasteiger partial charge < -0.3 is 19.5 Å². The number of aliphatic carboxylic acids is 1. The SMILES string of the molecule is COc1cc(C(=O)N(CCc2ccccc2)CC(=O)O)cc2c1O[C@](C)(Cc1ccc(Cl)c(F)c1)C2. The number of hydrogen-bond acceptors (Lipinski definition) is 4. The average Bonchev–Trinajstić information content (AvgIpc) is 3.19. The number of benzene rings is 3. The summed E-state index contributed by atoms with van der Waals surface area (Å²) in [7, 11) is 1.49. The minimum atomic E-state index is -1.09. The number of nitrogens with zero attached hydrogens (tertiary/aromatic N) is 1. The Hall–Kier alpha value is -3.58. The lowest BCUT2D eigenvalue weighted by molar-refractivity contribution is -0.137. The van der Waals surface area contributed by atoms with Crippen LogP contribution in [0.15, 0.2) is 60.7 Å². The molecule has 1 N–H and O–H groups in total. The molecular formula is C28H27ClFNO5. The Kier molecular flexibility index (Phi) is 7.50. The summed E-state index contributed by atoms with van der Waals surface area (Å²) < 4.78 is 25.7. The lowest BCUT2D eigenvalue weighted by Crippen LogP contribution is -2.37. The van der Waals surface area contributed by atoms with Crippen molar-refractivity contribution in [1.82, 2.24) is 4.90 Å². The van der Waals surface area contributed by atoms with E-state index in [1.807, 2.05) is 37.3 Å². The highest BCUT2D eigenvalue weighted by atomic mass is 35.5. The molecule has 0 saturated heterocycles. The second-order valence-corrected chi connectivity index (χ2v) is 9.58. The van der Waals surface area contributed by atoms with Crippen molar-refractivity contribution in [2.45, 2.75) is 31.8 Å². The van der Waals surface area contributed by atoms with E-state index in [0.717, 1.165) is 16.7 Å². The third-order valence-corrected chi connectivity index (χ3v) is 6.51. The fourth-order valence-corrected chi connectivity index (χ4v) is 4.67. The molecule has 0 fully saturated rings. The number of amides is 1. The summed E-state index contributed by atoms with van der Waals surface area (Å²) in [6.45, 7) is 1.75. The number of ether oxygens (including phenoxy) is 2. The fourth-order valence-electron chi connectivity index (χ4n) is 4.55. The first-order valence-electron chi connectivity index (χ1n) is 11.6. The number of carboxylic acids is 1. The van der Waals surface area contributed by atoms with E-state index in [9.17, 15) is 19.1 Å². The molecule has 0 bridgehead atoms. The maximum absolute atomic E-state index is 14.0. The van der Waals surface area contributed by atoms with E-state index >= 15 is 0 Å². The van der Waals surface area contributed by atoms with Gasteiger partial charge in [0.25, 0.3) is 5.91 Å². The van der Waals surface area contributed by atoms with E-state index in [-0.39, 0.29) is 11.6 Å². The highest BCUT2D eigenvalue weighted by Crippen LogP contribution is 2.44. The van der Waals surface area contributed by atoms with Gasteiger partial charge in [-0.2, -0.15) is 0 Å². The second-order valence-electron chi connectivity index (χ2n) is 9.18. The lowest BCUT2D eigenvalue weighted by atomic mass is 9.91. The highest BCUT2D eigenvalue weighted by molar-refractivity contribution is 6.30. The van der Waals surface area contributed by atoms with Crippen LogP contribution in [0.25, 0.3) is 0 Å². The van der Waals surface area contributed by atoms with E-state index in [2.05, 4.69) is 0 Å². The largest absolute Gasteiger partial charge is 0.493 e. The summed E-state index contributed by atoms with van der Waals surface area (Å²) in [5.74, 6) is -1.06. The average molecular weight is 512 g/mol. The van der Waals surface area contributed by atoms with Gasteiger partial charge in [-0.25, -0.2) is 4.39 Å². The molecule has 0 saturated carbocycles. The molecule has 8 heteroatoms. The van der Waals surface area contributed by atoms with Gasteiger partial charge in [-0.3, -0.25) is 9.59 Å². The first kappa shape index (κ1) is 25.5. The third-order valence-electron chi connectivity index (χ3n) is 6.20. The van der Waals surface area contributed by atoms with Crippen LogP contribution in [0.5, 0.6) is 11.5 Å². The Morgan fingerprint density at radius 3 is 2.56 bits per heavy atom. The molecular weight excluding hydrogens is 485 g/mol. The zero-order chi connectivity index (χ0) is 25.9. The zero-order valence-corrected chi connectivity index (χ0v) is 20.8. The van der Waals surface area contributed by atoms with Gasteiger partial charge in [-0.15, -0.1) is 0 Å². The van der Waals surface area contributed by atoms with Crippen molar-refractivity contribution in [3.63, 3.8) is 0 Å². The summed E-state index contributed by atoms with van der Waals surface area (Å²) in [5.41, 5.74) is 2.15. The Morgan fingerprint density at radius 1 is 1.14 bits per heavy atom. The topological polar surface area (TPSA) is 76.1 Å². The molecule has 36 heavy (non-hydrogen) atoms. The molecule has 0 spiro atoms. The van der Waals surface area contributed by atoms with Gasteiger partial charge in [0.05, 0.1) is 12.1 Å². The van der Waals surface area contributed by atoms with Crippen LogP contribution < -0.4 is 9.47 Å². The maximum atomic E-state index is 14.0. The molecule has 3 aromatic rings. The van der Waals surface area contributed by atoms with E-state index in [1.165, 1.54) is 24.1 Å². The van der Waals surface area contributed by atoms with Crippen molar-refractivity contribution in [2.75, 3.05) is 20.2 Å². The number of fused-ring (bicyclic) bond motifs is 1. The number of methoxy groups -OCH3 is 1. The Balaban J connectivity index is 1.57. The molecule has 0 radical (unpaired) electrons. The second kappa shape index (κ2) is 10.6. The summed E-state index contributed by atoms with van der Waals surface area (Å²) in [4.78, 5) is 26.2. The normalized spacial score (nSPS) is 16.2. The quantitative estimate of drug-likeness (QED) is 0.427. The summed E-state index contributed by atoms with van der Waals surface area (Å²) >= 11 is 5.81.